The number of pyridine rings is 1. The number of aromatic nitrogens is 1. The summed E-state index contributed by atoms with van der Waals surface area (Å²) in [5.41, 5.74) is 0.540. The molecule has 0 amide bonds. The zero-order chi connectivity index (χ0) is 14.9. The molecule has 1 aliphatic heterocycles. The molecule has 110 valence electrons. The number of aliphatic carboxylic acids is 1. The number of hydrogen-bond acceptors (Lipinski definition) is 3. The molecule has 0 saturated carbocycles. The molecule has 1 unspecified atom stereocenters. The molecule has 1 aromatic carbocycles. The zero-order valence-corrected chi connectivity index (χ0v) is 12.2. The van der Waals surface area contributed by atoms with Crippen molar-refractivity contribution in [3.63, 3.8) is 0 Å². The van der Waals surface area contributed by atoms with E-state index in [1.165, 1.54) is 10.9 Å². The highest BCUT2D eigenvalue weighted by molar-refractivity contribution is 5.84. The van der Waals surface area contributed by atoms with Crippen LogP contribution in [0.3, 0.4) is 0 Å². The Labute approximate surface area is 124 Å². The summed E-state index contributed by atoms with van der Waals surface area (Å²) in [4.78, 5) is 18.0. The van der Waals surface area contributed by atoms with Crippen molar-refractivity contribution < 1.29 is 9.90 Å². The lowest BCUT2D eigenvalue weighted by Crippen LogP contribution is -2.45. The summed E-state index contributed by atoms with van der Waals surface area (Å²) in [7, 11) is 0. The van der Waals surface area contributed by atoms with Crippen LogP contribution in [0.25, 0.3) is 10.8 Å². The minimum absolute atomic E-state index is 0.603. The van der Waals surface area contributed by atoms with Crippen LogP contribution in [-0.4, -0.2) is 34.0 Å². The van der Waals surface area contributed by atoms with E-state index < -0.39 is 11.4 Å². The lowest BCUT2D eigenvalue weighted by Gasteiger charge is -2.37. The third-order valence-electron chi connectivity index (χ3n) is 4.44. The van der Waals surface area contributed by atoms with E-state index in [1.807, 2.05) is 31.5 Å². The standard InChI is InChI=1S/C17H20N2O2/c1-17(16(20)21)7-4-8-19(12-17)11-14-10-18-9-13-5-2-3-6-15(13)14/h2-3,5-6,9-10H,4,7-8,11-12H2,1H3,(H,20,21). The molecule has 4 heteroatoms. The number of hydrogen-bond donors (Lipinski definition) is 1. The van der Waals surface area contributed by atoms with Gasteiger partial charge in [-0.2, -0.15) is 0 Å². The molecule has 1 aromatic heterocycles. The van der Waals surface area contributed by atoms with Crippen molar-refractivity contribution in [2.24, 2.45) is 5.41 Å². The molecule has 2 heterocycles. The highest BCUT2D eigenvalue weighted by Gasteiger charge is 2.37. The van der Waals surface area contributed by atoms with Gasteiger partial charge in [0, 0.05) is 30.9 Å². The molecular formula is C17H20N2O2. The zero-order valence-electron chi connectivity index (χ0n) is 12.2. The number of carboxylic acid groups (broad SMARTS) is 1. The summed E-state index contributed by atoms with van der Waals surface area (Å²) >= 11 is 0. The van der Waals surface area contributed by atoms with Crippen LogP contribution in [0.2, 0.25) is 0 Å². The fraction of sp³-hybridized carbons (Fsp3) is 0.412. The maximum absolute atomic E-state index is 11.4. The first-order chi connectivity index (χ1) is 10.1. The van der Waals surface area contributed by atoms with Crippen LogP contribution in [0.4, 0.5) is 0 Å². The lowest BCUT2D eigenvalue weighted by molar-refractivity contribution is -0.151. The number of benzene rings is 1. The van der Waals surface area contributed by atoms with Crippen LogP contribution in [0.5, 0.6) is 0 Å². The first kappa shape index (κ1) is 14.0. The first-order valence-electron chi connectivity index (χ1n) is 7.36. The molecule has 21 heavy (non-hydrogen) atoms. The largest absolute Gasteiger partial charge is 0.481 e. The van der Waals surface area contributed by atoms with Crippen LogP contribution in [0, 0.1) is 5.41 Å². The van der Waals surface area contributed by atoms with Crippen molar-refractivity contribution in [1.82, 2.24) is 9.88 Å². The van der Waals surface area contributed by atoms with E-state index in [2.05, 4.69) is 22.0 Å². The second-order valence-corrected chi connectivity index (χ2v) is 6.20. The summed E-state index contributed by atoms with van der Waals surface area (Å²) in [6, 6.07) is 8.20. The van der Waals surface area contributed by atoms with E-state index in [4.69, 9.17) is 0 Å². The minimum atomic E-state index is -0.691. The Morgan fingerprint density at radius 2 is 2.19 bits per heavy atom. The highest BCUT2D eigenvalue weighted by Crippen LogP contribution is 2.31. The Morgan fingerprint density at radius 1 is 1.38 bits per heavy atom. The van der Waals surface area contributed by atoms with Crippen molar-refractivity contribution >= 4 is 16.7 Å². The summed E-state index contributed by atoms with van der Waals surface area (Å²) in [6.45, 7) is 4.16. The highest BCUT2D eigenvalue weighted by atomic mass is 16.4. The number of piperidine rings is 1. The average Bonchev–Trinajstić information content (AvgIpc) is 2.48. The molecule has 0 bridgehead atoms. The quantitative estimate of drug-likeness (QED) is 0.941. The van der Waals surface area contributed by atoms with Gasteiger partial charge in [0.2, 0.25) is 0 Å². The van der Waals surface area contributed by atoms with Gasteiger partial charge in [-0.15, -0.1) is 0 Å². The average molecular weight is 284 g/mol. The Kier molecular flexibility index (Phi) is 3.64. The number of fused-ring (bicyclic) bond motifs is 1. The summed E-state index contributed by atoms with van der Waals surface area (Å²) in [5, 5.41) is 11.8. The molecule has 1 N–H and O–H groups in total. The summed E-state index contributed by atoms with van der Waals surface area (Å²) in [5.74, 6) is -0.691. The molecule has 0 aliphatic carbocycles. The van der Waals surface area contributed by atoms with Crippen molar-refractivity contribution in [3.05, 3.63) is 42.2 Å². The molecule has 1 aliphatic rings. The third-order valence-corrected chi connectivity index (χ3v) is 4.44. The topological polar surface area (TPSA) is 53.4 Å². The van der Waals surface area contributed by atoms with Crippen LogP contribution in [0.1, 0.15) is 25.3 Å². The van der Waals surface area contributed by atoms with Crippen molar-refractivity contribution in [2.75, 3.05) is 13.1 Å². The smallest absolute Gasteiger partial charge is 0.310 e. The molecule has 1 fully saturated rings. The molecule has 0 radical (unpaired) electrons. The lowest BCUT2D eigenvalue weighted by atomic mass is 9.82. The van der Waals surface area contributed by atoms with E-state index in [0.717, 1.165) is 31.3 Å². The van der Waals surface area contributed by atoms with Crippen molar-refractivity contribution in [2.45, 2.75) is 26.3 Å². The maximum Gasteiger partial charge on any atom is 0.310 e. The normalized spacial score (nSPS) is 23.3. The Hall–Kier alpha value is -1.94. The number of carboxylic acids is 1. The minimum Gasteiger partial charge on any atom is -0.481 e. The SMILES string of the molecule is CC1(C(=O)O)CCCN(Cc2cncc3ccccc23)C1. The van der Waals surface area contributed by atoms with Crippen molar-refractivity contribution in [3.8, 4) is 0 Å². The van der Waals surface area contributed by atoms with Gasteiger partial charge in [0.05, 0.1) is 5.41 Å². The van der Waals surface area contributed by atoms with Crippen LogP contribution < -0.4 is 0 Å². The molecule has 2 aromatic rings. The first-order valence-corrected chi connectivity index (χ1v) is 7.36. The Balaban J connectivity index is 1.84. The van der Waals surface area contributed by atoms with E-state index in [0.29, 0.717) is 6.54 Å². The van der Waals surface area contributed by atoms with Gasteiger partial charge in [0.25, 0.3) is 0 Å². The second kappa shape index (κ2) is 5.45. The van der Waals surface area contributed by atoms with Gasteiger partial charge in [-0.1, -0.05) is 24.3 Å². The number of nitrogens with zero attached hydrogens (tertiary/aromatic N) is 2. The van der Waals surface area contributed by atoms with Gasteiger partial charge < -0.3 is 5.11 Å². The fourth-order valence-electron chi connectivity index (χ4n) is 3.20. The molecule has 4 nitrogen and oxygen atoms in total. The van der Waals surface area contributed by atoms with E-state index in [-0.39, 0.29) is 0 Å². The van der Waals surface area contributed by atoms with Gasteiger partial charge in [-0.3, -0.25) is 14.7 Å². The molecule has 1 atom stereocenters. The monoisotopic (exact) mass is 284 g/mol. The molecule has 0 spiro atoms. The molecule has 3 rings (SSSR count). The summed E-state index contributed by atoms with van der Waals surface area (Å²) < 4.78 is 0. The predicted octanol–water partition coefficient (Wildman–Crippen LogP) is 2.92. The van der Waals surface area contributed by atoms with E-state index in [9.17, 15) is 9.90 Å². The Morgan fingerprint density at radius 3 is 3.00 bits per heavy atom. The van der Waals surface area contributed by atoms with Crippen LogP contribution in [-0.2, 0) is 11.3 Å². The maximum atomic E-state index is 11.4. The van der Waals surface area contributed by atoms with Gasteiger partial charge in [0.15, 0.2) is 0 Å². The van der Waals surface area contributed by atoms with Gasteiger partial charge in [-0.05, 0) is 37.3 Å². The van der Waals surface area contributed by atoms with Gasteiger partial charge in [0.1, 0.15) is 0 Å². The number of likely N-dealkylation sites (tertiary alicyclic amines) is 1. The Bertz CT molecular complexity index is 665. The number of rotatable bonds is 3. The second-order valence-electron chi connectivity index (χ2n) is 6.20. The van der Waals surface area contributed by atoms with E-state index in [1.54, 1.807) is 0 Å². The predicted molar refractivity (Wildman–Crippen MR) is 82.0 cm³/mol. The van der Waals surface area contributed by atoms with Gasteiger partial charge >= 0.3 is 5.97 Å². The third kappa shape index (κ3) is 2.76. The number of carbonyl (C=O) groups is 1. The van der Waals surface area contributed by atoms with Gasteiger partial charge in [-0.25, -0.2) is 0 Å². The molecular weight excluding hydrogens is 264 g/mol. The van der Waals surface area contributed by atoms with Crippen LogP contribution >= 0.6 is 0 Å². The fourth-order valence-corrected chi connectivity index (χ4v) is 3.20. The summed E-state index contributed by atoms with van der Waals surface area (Å²) in [6.07, 6.45) is 5.46. The van der Waals surface area contributed by atoms with Crippen LogP contribution in [0.15, 0.2) is 36.7 Å². The van der Waals surface area contributed by atoms with Crippen molar-refractivity contribution in [1.29, 1.82) is 0 Å². The molecule has 1 saturated heterocycles. The van der Waals surface area contributed by atoms with E-state index >= 15 is 0 Å².